The lowest BCUT2D eigenvalue weighted by Gasteiger charge is -2.12. The first kappa shape index (κ1) is 14.3. The number of rotatable bonds is 4. The molecule has 7 heteroatoms. The van der Waals surface area contributed by atoms with E-state index in [0.29, 0.717) is 11.3 Å². The van der Waals surface area contributed by atoms with Gasteiger partial charge in [0.25, 0.3) is 0 Å². The van der Waals surface area contributed by atoms with Crippen LogP contribution < -0.4 is 16.2 Å². The van der Waals surface area contributed by atoms with Crippen LogP contribution in [0.5, 0.6) is 0 Å². The van der Waals surface area contributed by atoms with E-state index in [9.17, 15) is 12.8 Å². The summed E-state index contributed by atoms with van der Waals surface area (Å²) in [5.41, 5.74) is 6.62. The zero-order valence-corrected chi connectivity index (χ0v) is 11.3. The van der Waals surface area contributed by atoms with E-state index in [1.807, 2.05) is 0 Å². The third-order valence-electron chi connectivity index (χ3n) is 2.80. The van der Waals surface area contributed by atoms with Crippen LogP contribution in [0.3, 0.4) is 0 Å². The molecule has 0 aromatic heterocycles. The van der Waals surface area contributed by atoms with Gasteiger partial charge in [-0.3, -0.25) is 0 Å². The molecule has 0 amide bonds. The van der Waals surface area contributed by atoms with Crippen LogP contribution in [0.2, 0.25) is 0 Å². The maximum atomic E-state index is 13.5. The van der Waals surface area contributed by atoms with Crippen LogP contribution in [0.4, 0.5) is 15.8 Å². The summed E-state index contributed by atoms with van der Waals surface area (Å²) in [5.74, 6) is -0.346. The summed E-state index contributed by atoms with van der Waals surface area (Å²) in [6.07, 6.45) is 0. The van der Waals surface area contributed by atoms with Gasteiger partial charge in [-0.05, 0) is 18.2 Å². The normalized spacial score (nSPS) is 11.3. The number of benzene rings is 2. The van der Waals surface area contributed by atoms with Crippen molar-refractivity contribution >= 4 is 21.4 Å². The van der Waals surface area contributed by atoms with E-state index in [4.69, 9.17) is 10.9 Å². The summed E-state index contributed by atoms with van der Waals surface area (Å²) in [4.78, 5) is -0.156. The van der Waals surface area contributed by atoms with Gasteiger partial charge in [0.2, 0.25) is 10.0 Å². The molecule has 2 aromatic rings. The molecule has 0 saturated carbocycles. The molecule has 0 aliphatic rings. The van der Waals surface area contributed by atoms with Gasteiger partial charge in [0.05, 0.1) is 11.4 Å². The first-order valence-corrected chi connectivity index (χ1v) is 7.33. The van der Waals surface area contributed by atoms with Crippen LogP contribution in [0.25, 0.3) is 0 Å². The second kappa shape index (κ2) is 5.48. The minimum atomic E-state index is -3.89. The molecule has 0 heterocycles. The molecule has 0 spiro atoms. The molecule has 0 aliphatic carbocycles. The molecule has 0 fully saturated rings. The van der Waals surface area contributed by atoms with E-state index >= 15 is 0 Å². The summed E-state index contributed by atoms with van der Waals surface area (Å²) in [6, 6.07) is 10.7. The van der Waals surface area contributed by atoms with Crippen LogP contribution in [-0.2, 0) is 16.6 Å². The highest BCUT2D eigenvalue weighted by molar-refractivity contribution is 7.89. The number of hydrogen-bond acceptors (Lipinski definition) is 4. The summed E-state index contributed by atoms with van der Waals surface area (Å²) >= 11 is 0. The average Bonchev–Trinajstić information content (AvgIpc) is 2.38. The molecular weight excluding hydrogens is 281 g/mol. The zero-order valence-electron chi connectivity index (χ0n) is 10.5. The number of hydrogen-bond donors (Lipinski definition) is 3. The number of nitrogen functional groups attached to an aromatic ring is 1. The highest BCUT2D eigenvalue weighted by Crippen LogP contribution is 2.26. The molecule has 0 unspecified atom stereocenters. The Bertz CT molecular complexity index is 732. The van der Waals surface area contributed by atoms with Crippen LogP contribution in [0, 0.1) is 5.82 Å². The fourth-order valence-corrected chi connectivity index (χ4v) is 2.46. The fourth-order valence-electron chi connectivity index (χ4n) is 1.78. The smallest absolute Gasteiger partial charge is 0.240 e. The highest BCUT2D eigenvalue weighted by atomic mass is 32.2. The molecule has 0 radical (unpaired) electrons. The molecule has 0 atom stereocenters. The molecule has 0 aliphatic heterocycles. The topological polar surface area (TPSA) is 98.2 Å². The van der Waals surface area contributed by atoms with Gasteiger partial charge in [0.1, 0.15) is 10.7 Å². The maximum absolute atomic E-state index is 13.5. The van der Waals surface area contributed by atoms with Gasteiger partial charge in [-0.25, -0.2) is 17.9 Å². The molecule has 0 saturated heterocycles. The van der Waals surface area contributed by atoms with Crippen molar-refractivity contribution in [2.75, 3.05) is 11.1 Å². The molecule has 5 N–H and O–H groups in total. The van der Waals surface area contributed by atoms with Gasteiger partial charge in [-0.2, -0.15) is 0 Å². The zero-order chi connectivity index (χ0) is 14.8. The SMILES string of the molecule is Nc1c(NCc2ccccc2F)cccc1S(N)(=O)=O. The van der Waals surface area contributed by atoms with Crippen LogP contribution in [-0.4, -0.2) is 8.42 Å². The molecular formula is C13H14FN3O2S. The van der Waals surface area contributed by atoms with Gasteiger partial charge >= 0.3 is 0 Å². The lowest BCUT2D eigenvalue weighted by molar-refractivity contribution is 0.598. The first-order valence-electron chi connectivity index (χ1n) is 5.78. The minimum Gasteiger partial charge on any atom is -0.396 e. The van der Waals surface area contributed by atoms with E-state index in [-0.39, 0.29) is 22.9 Å². The predicted molar refractivity (Wildman–Crippen MR) is 76.0 cm³/mol. The summed E-state index contributed by atoms with van der Waals surface area (Å²) in [7, 11) is -3.89. The van der Waals surface area contributed by atoms with Gasteiger partial charge in [-0.1, -0.05) is 24.3 Å². The molecule has 106 valence electrons. The van der Waals surface area contributed by atoms with E-state index in [1.54, 1.807) is 24.3 Å². The van der Waals surface area contributed by atoms with E-state index in [2.05, 4.69) is 5.32 Å². The van der Waals surface area contributed by atoms with E-state index < -0.39 is 10.0 Å². The Morgan fingerprint density at radius 1 is 1.10 bits per heavy atom. The van der Waals surface area contributed by atoms with Crippen molar-refractivity contribution in [2.45, 2.75) is 11.4 Å². The Hall–Kier alpha value is -2.12. The van der Waals surface area contributed by atoms with Crippen molar-refractivity contribution in [2.24, 2.45) is 5.14 Å². The summed E-state index contributed by atoms with van der Waals surface area (Å²) in [6.45, 7) is 0.185. The lowest BCUT2D eigenvalue weighted by atomic mass is 10.2. The van der Waals surface area contributed by atoms with E-state index in [0.717, 1.165) is 0 Å². The Morgan fingerprint density at radius 2 is 1.80 bits per heavy atom. The molecule has 20 heavy (non-hydrogen) atoms. The van der Waals surface area contributed by atoms with Crippen LogP contribution in [0.1, 0.15) is 5.56 Å². The number of nitrogens with one attached hydrogen (secondary N) is 1. The van der Waals surface area contributed by atoms with Gasteiger partial charge in [0.15, 0.2) is 0 Å². The van der Waals surface area contributed by atoms with Crippen LogP contribution >= 0.6 is 0 Å². The molecule has 0 bridgehead atoms. The number of nitrogens with two attached hydrogens (primary N) is 2. The third kappa shape index (κ3) is 3.06. The number of anilines is 2. The quantitative estimate of drug-likeness (QED) is 0.747. The van der Waals surface area contributed by atoms with Crippen molar-refractivity contribution in [3.8, 4) is 0 Å². The molecule has 2 aromatic carbocycles. The van der Waals surface area contributed by atoms with Crippen molar-refractivity contribution in [1.29, 1.82) is 0 Å². The average molecular weight is 295 g/mol. The highest BCUT2D eigenvalue weighted by Gasteiger charge is 2.14. The first-order chi connectivity index (χ1) is 9.39. The van der Waals surface area contributed by atoms with Crippen molar-refractivity contribution in [1.82, 2.24) is 0 Å². The second-order valence-corrected chi connectivity index (χ2v) is 5.74. The number of sulfonamides is 1. The minimum absolute atomic E-state index is 0.0198. The monoisotopic (exact) mass is 295 g/mol. The standard InChI is InChI=1S/C13H14FN3O2S/c14-10-5-2-1-4-9(10)8-17-11-6-3-7-12(13(11)15)20(16,18)19/h1-7,17H,8,15H2,(H2,16,18,19). The molecule has 5 nitrogen and oxygen atoms in total. The third-order valence-corrected chi connectivity index (χ3v) is 3.77. The van der Waals surface area contributed by atoms with Crippen molar-refractivity contribution in [3.05, 3.63) is 53.8 Å². The summed E-state index contributed by atoms with van der Waals surface area (Å²) < 4.78 is 36.2. The van der Waals surface area contributed by atoms with Crippen molar-refractivity contribution in [3.63, 3.8) is 0 Å². The largest absolute Gasteiger partial charge is 0.396 e. The fraction of sp³-hybridized carbons (Fsp3) is 0.0769. The Kier molecular flexibility index (Phi) is 3.91. The predicted octanol–water partition coefficient (Wildman–Crippen LogP) is 1.67. The number of halogens is 1. The lowest BCUT2D eigenvalue weighted by Crippen LogP contribution is -2.15. The second-order valence-electron chi connectivity index (χ2n) is 4.21. The van der Waals surface area contributed by atoms with Gasteiger partial charge in [-0.15, -0.1) is 0 Å². The Labute approximate surface area is 116 Å². The molecule has 2 rings (SSSR count). The van der Waals surface area contributed by atoms with Gasteiger partial charge in [0, 0.05) is 12.1 Å². The Balaban J connectivity index is 2.25. The number of primary sulfonamides is 1. The Morgan fingerprint density at radius 3 is 2.45 bits per heavy atom. The van der Waals surface area contributed by atoms with Gasteiger partial charge < -0.3 is 11.1 Å². The maximum Gasteiger partial charge on any atom is 0.240 e. The van der Waals surface area contributed by atoms with Crippen molar-refractivity contribution < 1.29 is 12.8 Å². The van der Waals surface area contributed by atoms with E-state index in [1.165, 1.54) is 18.2 Å². The van der Waals surface area contributed by atoms with Crippen LogP contribution in [0.15, 0.2) is 47.4 Å². The number of para-hydroxylation sites is 1. The summed E-state index contributed by atoms with van der Waals surface area (Å²) in [5, 5.41) is 7.96.